The van der Waals surface area contributed by atoms with Gasteiger partial charge in [0, 0.05) is 38.4 Å². The van der Waals surface area contributed by atoms with E-state index >= 15 is 0 Å². The number of nitrogens with one attached hydrogen (secondary N) is 1. The van der Waals surface area contributed by atoms with Crippen molar-refractivity contribution in [3.63, 3.8) is 0 Å². The van der Waals surface area contributed by atoms with Gasteiger partial charge < -0.3 is 4.90 Å². The summed E-state index contributed by atoms with van der Waals surface area (Å²) in [6.07, 6.45) is 1.85. The lowest BCUT2D eigenvalue weighted by atomic mass is 10.2. The molecule has 28 heavy (non-hydrogen) atoms. The number of unbranched alkanes of at least 4 members (excludes halogenated alkanes) is 1. The van der Waals surface area contributed by atoms with Crippen molar-refractivity contribution in [3.05, 3.63) is 59.7 Å². The molecule has 1 fully saturated rings. The van der Waals surface area contributed by atoms with Crippen molar-refractivity contribution in [3.8, 4) is 0 Å². The van der Waals surface area contributed by atoms with Gasteiger partial charge in [-0.05, 0) is 63.1 Å². The monoisotopic (exact) mass is 401 g/mol. The number of benzene rings is 2. The molecule has 6 heteroatoms. The van der Waals surface area contributed by atoms with E-state index in [1.54, 1.807) is 12.1 Å². The summed E-state index contributed by atoms with van der Waals surface area (Å²) in [6.45, 7) is 9.80. The van der Waals surface area contributed by atoms with Crippen LogP contribution in [0.5, 0.6) is 0 Å². The minimum Gasteiger partial charge on any atom is -0.369 e. The number of aryl methyl sites for hydroxylation is 2. The molecule has 1 aliphatic rings. The normalized spacial score (nSPS) is 15.7. The highest BCUT2D eigenvalue weighted by Gasteiger charge is 2.17. The molecule has 0 unspecified atom stereocenters. The molecule has 0 bridgehead atoms. The van der Waals surface area contributed by atoms with Crippen LogP contribution < -0.4 is 9.62 Å². The molecule has 0 radical (unpaired) electrons. The Bertz CT molecular complexity index is 858. The molecule has 2 aromatic rings. The van der Waals surface area contributed by atoms with E-state index in [1.807, 2.05) is 19.1 Å². The molecule has 0 aliphatic carbocycles. The molecule has 0 saturated carbocycles. The SMILES string of the molecule is Cc1ccc(S(=O)(=O)NCCCCN2CCN(c3cccc(C)c3)CC2)cc1. The van der Waals surface area contributed by atoms with Gasteiger partial charge in [0.2, 0.25) is 10.0 Å². The summed E-state index contributed by atoms with van der Waals surface area (Å²) >= 11 is 0. The maximum atomic E-state index is 12.3. The second-order valence-corrected chi connectivity index (χ2v) is 9.35. The predicted molar refractivity (Wildman–Crippen MR) is 115 cm³/mol. The summed E-state index contributed by atoms with van der Waals surface area (Å²) in [7, 11) is -3.39. The predicted octanol–water partition coefficient (Wildman–Crippen LogP) is 3.18. The summed E-state index contributed by atoms with van der Waals surface area (Å²) in [6, 6.07) is 15.6. The Hall–Kier alpha value is -1.89. The minimum absolute atomic E-state index is 0.338. The van der Waals surface area contributed by atoms with Gasteiger partial charge in [-0.1, -0.05) is 29.8 Å². The van der Waals surface area contributed by atoms with Gasteiger partial charge in [-0.15, -0.1) is 0 Å². The van der Waals surface area contributed by atoms with Crippen molar-refractivity contribution >= 4 is 15.7 Å². The van der Waals surface area contributed by atoms with Crippen LogP contribution in [0.3, 0.4) is 0 Å². The van der Waals surface area contributed by atoms with Crippen molar-refractivity contribution in [2.45, 2.75) is 31.6 Å². The zero-order chi connectivity index (χ0) is 20.0. The second kappa shape index (κ2) is 9.54. The standard InChI is InChI=1S/C22H31N3O2S/c1-19-8-10-22(11-9-19)28(26,27)23-12-3-4-13-24-14-16-25(17-15-24)21-7-5-6-20(2)18-21/h5-11,18,23H,3-4,12-17H2,1-2H3. The van der Waals surface area contributed by atoms with Gasteiger partial charge in [0.15, 0.2) is 0 Å². The fourth-order valence-corrected chi connectivity index (χ4v) is 4.60. The van der Waals surface area contributed by atoms with Crippen LogP contribution >= 0.6 is 0 Å². The van der Waals surface area contributed by atoms with Crippen LogP contribution in [-0.4, -0.2) is 52.6 Å². The van der Waals surface area contributed by atoms with E-state index in [0.29, 0.717) is 11.4 Å². The number of nitrogens with zero attached hydrogens (tertiary/aromatic N) is 2. The van der Waals surface area contributed by atoms with E-state index in [9.17, 15) is 8.42 Å². The third-order valence-electron chi connectivity index (χ3n) is 5.26. The van der Waals surface area contributed by atoms with Crippen LogP contribution in [-0.2, 0) is 10.0 Å². The zero-order valence-corrected chi connectivity index (χ0v) is 17.7. The number of anilines is 1. The van der Waals surface area contributed by atoms with Crippen LogP contribution in [0.1, 0.15) is 24.0 Å². The van der Waals surface area contributed by atoms with E-state index in [4.69, 9.17) is 0 Å². The summed E-state index contributed by atoms with van der Waals surface area (Å²) in [5, 5.41) is 0. The molecule has 2 aromatic carbocycles. The van der Waals surface area contributed by atoms with Crippen molar-refractivity contribution in [2.75, 3.05) is 44.2 Å². The van der Waals surface area contributed by atoms with Crippen LogP contribution in [0.25, 0.3) is 0 Å². The van der Waals surface area contributed by atoms with E-state index in [1.165, 1.54) is 11.3 Å². The summed E-state index contributed by atoms with van der Waals surface area (Å²) in [4.78, 5) is 5.25. The third-order valence-corrected chi connectivity index (χ3v) is 6.74. The molecular formula is C22H31N3O2S. The number of sulfonamides is 1. The number of rotatable bonds is 8. The Morgan fingerprint density at radius 2 is 1.61 bits per heavy atom. The maximum Gasteiger partial charge on any atom is 0.240 e. The lowest BCUT2D eigenvalue weighted by molar-refractivity contribution is 0.253. The van der Waals surface area contributed by atoms with Crippen LogP contribution in [0.15, 0.2) is 53.4 Å². The first kappa shape index (κ1) is 20.8. The number of hydrogen-bond acceptors (Lipinski definition) is 4. The van der Waals surface area contributed by atoms with E-state index in [2.05, 4.69) is 45.7 Å². The Morgan fingerprint density at radius 3 is 2.29 bits per heavy atom. The highest BCUT2D eigenvalue weighted by atomic mass is 32.2. The van der Waals surface area contributed by atoms with Gasteiger partial charge in [-0.25, -0.2) is 13.1 Å². The molecule has 0 aromatic heterocycles. The second-order valence-electron chi connectivity index (χ2n) is 7.59. The van der Waals surface area contributed by atoms with Crippen LogP contribution in [0.2, 0.25) is 0 Å². The fraction of sp³-hybridized carbons (Fsp3) is 0.455. The average Bonchev–Trinajstić information content (AvgIpc) is 2.68. The quantitative estimate of drug-likeness (QED) is 0.690. The molecular weight excluding hydrogens is 370 g/mol. The first-order chi connectivity index (χ1) is 13.4. The topological polar surface area (TPSA) is 52.7 Å². The van der Waals surface area contributed by atoms with Crippen molar-refractivity contribution in [1.82, 2.24) is 9.62 Å². The summed E-state index contributed by atoms with van der Waals surface area (Å²) in [5.74, 6) is 0. The average molecular weight is 402 g/mol. The molecule has 5 nitrogen and oxygen atoms in total. The van der Waals surface area contributed by atoms with Crippen molar-refractivity contribution < 1.29 is 8.42 Å². The Labute approximate surface area is 169 Å². The van der Waals surface area contributed by atoms with E-state index in [-0.39, 0.29) is 0 Å². The number of piperazine rings is 1. The van der Waals surface area contributed by atoms with Crippen molar-refractivity contribution in [1.29, 1.82) is 0 Å². The highest BCUT2D eigenvalue weighted by Crippen LogP contribution is 2.18. The lowest BCUT2D eigenvalue weighted by Crippen LogP contribution is -2.46. The van der Waals surface area contributed by atoms with E-state index < -0.39 is 10.0 Å². The molecule has 1 heterocycles. The molecule has 1 N–H and O–H groups in total. The molecule has 3 rings (SSSR count). The lowest BCUT2D eigenvalue weighted by Gasteiger charge is -2.36. The summed E-state index contributed by atoms with van der Waals surface area (Å²) < 4.78 is 27.3. The smallest absolute Gasteiger partial charge is 0.240 e. The van der Waals surface area contributed by atoms with E-state index in [0.717, 1.165) is 51.1 Å². The van der Waals surface area contributed by atoms with Gasteiger partial charge in [-0.3, -0.25) is 4.90 Å². The first-order valence-corrected chi connectivity index (χ1v) is 11.5. The van der Waals surface area contributed by atoms with Gasteiger partial charge in [0.1, 0.15) is 0 Å². The fourth-order valence-electron chi connectivity index (χ4n) is 3.52. The third kappa shape index (κ3) is 5.80. The molecule has 0 spiro atoms. The minimum atomic E-state index is -3.39. The summed E-state index contributed by atoms with van der Waals surface area (Å²) in [5.41, 5.74) is 3.67. The molecule has 0 amide bonds. The molecule has 1 aliphatic heterocycles. The maximum absolute atomic E-state index is 12.3. The number of hydrogen-bond donors (Lipinski definition) is 1. The van der Waals surface area contributed by atoms with Gasteiger partial charge in [0.05, 0.1) is 4.90 Å². The Morgan fingerprint density at radius 1 is 0.893 bits per heavy atom. The Kier molecular flexibility index (Phi) is 7.10. The van der Waals surface area contributed by atoms with Crippen LogP contribution in [0, 0.1) is 13.8 Å². The largest absolute Gasteiger partial charge is 0.369 e. The van der Waals surface area contributed by atoms with Crippen molar-refractivity contribution in [2.24, 2.45) is 0 Å². The first-order valence-electron chi connectivity index (χ1n) is 10.0. The van der Waals surface area contributed by atoms with Crippen LogP contribution in [0.4, 0.5) is 5.69 Å². The highest BCUT2D eigenvalue weighted by molar-refractivity contribution is 7.89. The Balaban J connectivity index is 1.34. The van der Waals surface area contributed by atoms with Gasteiger partial charge in [0.25, 0.3) is 0 Å². The van der Waals surface area contributed by atoms with Gasteiger partial charge in [-0.2, -0.15) is 0 Å². The molecule has 0 atom stereocenters. The zero-order valence-electron chi connectivity index (χ0n) is 16.9. The molecule has 152 valence electrons. The molecule has 1 saturated heterocycles. The van der Waals surface area contributed by atoms with Gasteiger partial charge >= 0.3 is 0 Å².